The van der Waals surface area contributed by atoms with Gasteiger partial charge in [-0.15, -0.1) is 0 Å². The quantitative estimate of drug-likeness (QED) is 0.759. The van der Waals surface area contributed by atoms with E-state index >= 15 is 0 Å². The van der Waals surface area contributed by atoms with Crippen molar-refractivity contribution in [2.45, 2.75) is 37.8 Å². The summed E-state index contributed by atoms with van der Waals surface area (Å²) in [5.74, 6) is 0. The predicted octanol–water partition coefficient (Wildman–Crippen LogP) is 4.79. The van der Waals surface area contributed by atoms with Gasteiger partial charge in [-0.2, -0.15) is 0 Å². The topological polar surface area (TPSA) is 15.3 Å². The lowest BCUT2D eigenvalue weighted by Gasteiger charge is -2.35. The molecule has 0 amide bonds. The summed E-state index contributed by atoms with van der Waals surface area (Å²) in [5, 5.41) is 4.77. The molecule has 1 N–H and O–H groups in total. The first-order valence-electron chi connectivity index (χ1n) is 6.79. The summed E-state index contributed by atoms with van der Waals surface area (Å²) in [6.07, 6.45) is 5.08. The third kappa shape index (κ3) is 2.90. The highest BCUT2D eigenvalue weighted by molar-refractivity contribution is 9.10. The second kappa shape index (κ2) is 5.80. The van der Waals surface area contributed by atoms with Gasteiger partial charge in [-0.3, -0.25) is 0 Å². The van der Waals surface area contributed by atoms with Crippen LogP contribution < -0.4 is 5.32 Å². The van der Waals surface area contributed by atoms with Gasteiger partial charge in [-0.25, -0.2) is 0 Å². The zero-order valence-electron chi connectivity index (χ0n) is 10.6. The second-order valence-electron chi connectivity index (χ2n) is 5.42. The zero-order chi connectivity index (χ0) is 13.4. The lowest BCUT2D eigenvalue weighted by Crippen LogP contribution is -2.42. The largest absolute Gasteiger partial charge is 0.381 e. The molecule has 3 rings (SSSR count). The van der Waals surface area contributed by atoms with Gasteiger partial charge in [0.15, 0.2) is 0 Å². The van der Waals surface area contributed by atoms with Crippen molar-refractivity contribution in [2.75, 3.05) is 18.4 Å². The molecule has 2 nitrogen and oxygen atoms in total. The Morgan fingerprint density at radius 1 is 1.16 bits per heavy atom. The summed E-state index contributed by atoms with van der Waals surface area (Å²) in [7, 11) is 0. The molecule has 1 aromatic rings. The molecule has 1 aromatic carbocycles. The highest BCUT2D eigenvalue weighted by Crippen LogP contribution is 2.37. The number of hydrogen-bond donors (Lipinski definition) is 1. The molecule has 2 aliphatic rings. The Hall–Kier alpha value is 0.0400. The summed E-state index contributed by atoms with van der Waals surface area (Å²) in [6.45, 7) is 2.48. The Labute approximate surface area is 132 Å². The molecule has 2 saturated heterocycles. The predicted molar refractivity (Wildman–Crippen MR) is 85.4 cm³/mol. The number of anilines is 1. The van der Waals surface area contributed by atoms with Gasteiger partial charge in [0.1, 0.15) is 0 Å². The van der Waals surface area contributed by atoms with Crippen molar-refractivity contribution >= 4 is 44.8 Å². The van der Waals surface area contributed by atoms with Crippen LogP contribution in [0.25, 0.3) is 0 Å². The number of benzene rings is 1. The molecule has 0 radical (unpaired) electrons. The van der Waals surface area contributed by atoms with Crippen molar-refractivity contribution in [3.63, 3.8) is 0 Å². The zero-order valence-corrected chi connectivity index (χ0v) is 13.7. The number of halogens is 3. The van der Waals surface area contributed by atoms with Gasteiger partial charge in [0, 0.05) is 23.1 Å². The van der Waals surface area contributed by atoms with E-state index in [9.17, 15) is 0 Å². The van der Waals surface area contributed by atoms with E-state index in [1.165, 1.54) is 38.8 Å². The summed E-state index contributed by atoms with van der Waals surface area (Å²) < 4.78 is 0.843. The molecule has 0 bridgehead atoms. The fraction of sp³-hybridized carbons (Fsp3) is 0.571. The molecule has 104 valence electrons. The van der Waals surface area contributed by atoms with Crippen molar-refractivity contribution in [2.24, 2.45) is 0 Å². The van der Waals surface area contributed by atoms with Gasteiger partial charge in [-0.05, 0) is 60.3 Å². The monoisotopic (exact) mass is 362 g/mol. The van der Waals surface area contributed by atoms with Gasteiger partial charge in [0.25, 0.3) is 0 Å². The third-order valence-electron chi connectivity index (χ3n) is 4.22. The molecule has 2 fully saturated rings. The van der Waals surface area contributed by atoms with E-state index in [4.69, 9.17) is 23.2 Å². The van der Waals surface area contributed by atoms with Crippen molar-refractivity contribution in [1.29, 1.82) is 0 Å². The molecular formula is C14H17BrCl2N2. The number of hydrogen-bond acceptors (Lipinski definition) is 2. The molecule has 2 aliphatic heterocycles. The smallest absolute Gasteiger partial charge is 0.0835 e. The second-order valence-corrected chi connectivity index (χ2v) is 7.03. The highest BCUT2D eigenvalue weighted by Gasteiger charge is 2.31. The normalized spacial score (nSPS) is 27.3. The van der Waals surface area contributed by atoms with Crippen molar-refractivity contribution < 1.29 is 0 Å². The maximum absolute atomic E-state index is 6.29. The van der Waals surface area contributed by atoms with E-state index in [0.29, 0.717) is 16.1 Å². The molecule has 19 heavy (non-hydrogen) atoms. The first kappa shape index (κ1) is 14.0. The van der Waals surface area contributed by atoms with E-state index in [1.54, 1.807) is 0 Å². The standard InChI is InChI=1S/C14H17BrCl2N2/c15-11-3-4-12(14(17)13(11)16)18-9-5-7-19-6-1-2-10(19)8-9/h3-4,9-10,18H,1-2,5-8H2. The van der Waals surface area contributed by atoms with Crippen molar-refractivity contribution in [3.8, 4) is 0 Å². The summed E-state index contributed by atoms with van der Waals surface area (Å²) in [4.78, 5) is 2.62. The van der Waals surface area contributed by atoms with E-state index < -0.39 is 0 Å². The third-order valence-corrected chi connectivity index (χ3v) is 5.99. The molecule has 2 heterocycles. The highest BCUT2D eigenvalue weighted by atomic mass is 79.9. The van der Waals surface area contributed by atoms with Crippen LogP contribution in [0, 0.1) is 0 Å². The van der Waals surface area contributed by atoms with Crippen LogP contribution in [0.1, 0.15) is 25.7 Å². The SMILES string of the molecule is Clc1c(Br)ccc(NC2CCN3CCCC3C2)c1Cl. The minimum Gasteiger partial charge on any atom is -0.381 e. The van der Waals surface area contributed by atoms with Gasteiger partial charge < -0.3 is 10.2 Å². The van der Waals surface area contributed by atoms with E-state index in [-0.39, 0.29) is 0 Å². The van der Waals surface area contributed by atoms with Crippen LogP contribution in [0.2, 0.25) is 10.0 Å². The summed E-state index contributed by atoms with van der Waals surface area (Å²) in [5.41, 5.74) is 0.950. The summed E-state index contributed by atoms with van der Waals surface area (Å²) >= 11 is 15.8. The Morgan fingerprint density at radius 2 is 2.00 bits per heavy atom. The number of fused-ring (bicyclic) bond motifs is 1. The maximum atomic E-state index is 6.29. The first-order valence-corrected chi connectivity index (χ1v) is 8.34. The fourth-order valence-electron chi connectivity index (χ4n) is 3.21. The molecule has 2 unspecified atom stereocenters. The Kier molecular flexibility index (Phi) is 4.28. The lowest BCUT2D eigenvalue weighted by atomic mass is 9.97. The molecule has 5 heteroatoms. The number of nitrogens with zero attached hydrogens (tertiary/aromatic N) is 1. The average molecular weight is 364 g/mol. The van der Waals surface area contributed by atoms with Crippen LogP contribution in [0.15, 0.2) is 16.6 Å². The minimum atomic E-state index is 0.508. The van der Waals surface area contributed by atoms with Gasteiger partial charge >= 0.3 is 0 Å². The first-order chi connectivity index (χ1) is 9.15. The van der Waals surface area contributed by atoms with Gasteiger partial charge in [0.05, 0.1) is 15.7 Å². The van der Waals surface area contributed by atoms with Crippen LogP contribution in [0.3, 0.4) is 0 Å². The fourth-order valence-corrected chi connectivity index (χ4v) is 4.04. The van der Waals surface area contributed by atoms with Crippen molar-refractivity contribution in [3.05, 3.63) is 26.7 Å². The molecule has 0 saturated carbocycles. The number of rotatable bonds is 2. The Balaban J connectivity index is 1.70. The van der Waals surface area contributed by atoms with Gasteiger partial charge in [-0.1, -0.05) is 23.2 Å². The van der Waals surface area contributed by atoms with Crippen LogP contribution in [-0.4, -0.2) is 30.1 Å². The number of nitrogens with one attached hydrogen (secondary N) is 1. The van der Waals surface area contributed by atoms with Crippen LogP contribution >= 0.6 is 39.1 Å². The Morgan fingerprint density at radius 3 is 2.84 bits per heavy atom. The van der Waals surface area contributed by atoms with Crippen molar-refractivity contribution in [1.82, 2.24) is 4.90 Å². The molecule has 0 aliphatic carbocycles. The van der Waals surface area contributed by atoms with E-state index in [2.05, 4.69) is 26.1 Å². The average Bonchev–Trinajstić information content (AvgIpc) is 2.87. The minimum absolute atomic E-state index is 0.508. The molecule has 0 spiro atoms. The van der Waals surface area contributed by atoms with Crippen LogP contribution in [0.4, 0.5) is 5.69 Å². The summed E-state index contributed by atoms with van der Waals surface area (Å²) in [6, 6.07) is 5.21. The number of piperidine rings is 1. The Bertz CT molecular complexity index is 481. The van der Waals surface area contributed by atoms with E-state index in [0.717, 1.165) is 16.2 Å². The molecule has 0 aromatic heterocycles. The van der Waals surface area contributed by atoms with Crippen LogP contribution in [0.5, 0.6) is 0 Å². The molecular weight excluding hydrogens is 347 g/mol. The van der Waals surface area contributed by atoms with E-state index in [1.807, 2.05) is 12.1 Å². The van der Waals surface area contributed by atoms with Gasteiger partial charge in [0.2, 0.25) is 0 Å². The lowest BCUT2D eigenvalue weighted by molar-refractivity contribution is 0.188. The molecule has 2 atom stereocenters. The maximum Gasteiger partial charge on any atom is 0.0835 e. The van der Waals surface area contributed by atoms with Crippen LogP contribution in [-0.2, 0) is 0 Å².